The van der Waals surface area contributed by atoms with E-state index in [1.54, 1.807) is 11.8 Å². The first-order valence-electron chi connectivity index (χ1n) is 13.0. The van der Waals surface area contributed by atoms with Crippen molar-refractivity contribution >= 4 is 28.4 Å². The van der Waals surface area contributed by atoms with Gasteiger partial charge >= 0.3 is 0 Å². The summed E-state index contributed by atoms with van der Waals surface area (Å²) in [7, 11) is 0. The minimum absolute atomic E-state index is 0.0228. The summed E-state index contributed by atoms with van der Waals surface area (Å²) in [4.78, 5) is 17.7. The van der Waals surface area contributed by atoms with Crippen LogP contribution in [0, 0.1) is 0 Å². The van der Waals surface area contributed by atoms with Crippen LogP contribution in [0.1, 0.15) is 21.5 Å². The molecule has 0 bridgehead atoms. The molecule has 0 spiro atoms. The second-order valence-electron chi connectivity index (χ2n) is 9.32. The van der Waals surface area contributed by atoms with E-state index in [1.165, 1.54) is 0 Å². The van der Waals surface area contributed by atoms with E-state index >= 15 is 0 Å². The molecule has 0 aliphatic heterocycles. The Balaban J connectivity index is 1.30. The average molecular weight is 539 g/mol. The summed E-state index contributed by atoms with van der Waals surface area (Å²) in [6, 6.07) is 37.5. The molecule has 6 aromatic rings. The standard InChI is InChI=1S/C34H26N4OS/c1-2-21-38-33(29-22-31(25-11-5-3-6-12-25)35-30-16-10-9-15-28(29)30)36-37-34(38)40-23-24-17-19-27(20-18-24)32(39)26-13-7-4-8-14-26/h2-20,22H,1,21,23H2. The largest absolute Gasteiger partial charge is 0.298 e. The lowest BCUT2D eigenvalue weighted by Crippen LogP contribution is -2.02. The smallest absolute Gasteiger partial charge is 0.193 e. The van der Waals surface area contributed by atoms with Crippen LogP contribution in [0.15, 0.2) is 133 Å². The first-order valence-corrected chi connectivity index (χ1v) is 14.0. The van der Waals surface area contributed by atoms with E-state index in [-0.39, 0.29) is 5.78 Å². The van der Waals surface area contributed by atoms with E-state index in [1.807, 2.05) is 97.1 Å². The van der Waals surface area contributed by atoms with Gasteiger partial charge in [-0.3, -0.25) is 9.36 Å². The summed E-state index contributed by atoms with van der Waals surface area (Å²) in [6.45, 7) is 4.55. The van der Waals surface area contributed by atoms with Crippen molar-refractivity contribution in [3.05, 3.63) is 145 Å². The van der Waals surface area contributed by atoms with E-state index in [2.05, 4.69) is 45.6 Å². The molecule has 40 heavy (non-hydrogen) atoms. The number of fused-ring (bicyclic) bond motifs is 1. The maximum atomic E-state index is 12.8. The van der Waals surface area contributed by atoms with Gasteiger partial charge in [0.1, 0.15) is 0 Å². The zero-order chi connectivity index (χ0) is 27.3. The molecule has 0 saturated heterocycles. The molecule has 0 amide bonds. The summed E-state index contributed by atoms with van der Waals surface area (Å²) in [5, 5.41) is 11.0. The lowest BCUT2D eigenvalue weighted by Gasteiger charge is -2.12. The van der Waals surface area contributed by atoms with Gasteiger partial charge in [-0.2, -0.15) is 0 Å². The van der Waals surface area contributed by atoms with E-state index in [0.717, 1.165) is 44.3 Å². The Labute approximate surface area is 237 Å². The van der Waals surface area contributed by atoms with Crippen LogP contribution < -0.4 is 0 Å². The monoisotopic (exact) mass is 538 g/mol. The second kappa shape index (κ2) is 11.5. The highest BCUT2D eigenvalue weighted by atomic mass is 32.2. The Hall–Kier alpha value is -4.81. The molecule has 0 fully saturated rings. The van der Waals surface area contributed by atoms with Gasteiger partial charge in [-0.25, -0.2) is 4.98 Å². The molecule has 6 heteroatoms. The Kier molecular flexibility index (Phi) is 7.33. The number of hydrogen-bond donors (Lipinski definition) is 0. The minimum atomic E-state index is 0.0228. The Morgan fingerprint density at radius 1 is 0.800 bits per heavy atom. The van der Waals surface area contributed by atoms with Gasteiger partial charge in [-0.05, 0) is 17.7 Å². The number of rotatable bonds is 9. The van der Waals surface area contributed by atoms with Gasteiger partial charge in [-0.1, -0.05) is 121 Å². The summed E-state index contributed by atoms with van der Waals surface area (Å²) in [5.41, 5.74) is 6.30. The minimum Gasteiger partial charge on any atom is -0.298 e. The third-order valence-electron chi connectivity index (χ3n) is 6.68. The van der Waals surface area contributed by atoms with Crippen LogP contribution in [0.2, 0.25) is 0 Å². The molecule has 4 aromatic carbocycles. The number of aromatic nitrogens is 4. The van der Waals surface area contributed by atoms with Gasteiger partial charge in [0.15, 0.2) is 16.8 Å². The molecule has 0 atom stereocenters. The van der Waals surface area contributed by atoms with Crippen LogP contribution in [0.5, 0.6) is 0 Å². The molecule has 6 rings (SSSR count). The van der Waals surface area contributed by atoms with Gasteiger partial charge in [0, 0.05) is 39.9 Å². The van der Waals surface area contributed by atoms with Crippen LogP contribution in [-0.2, 0) is 12.3 Å². The molecule has 2 heterocycles. The summed E-state index contributed by atoms with van der Waals surface area (Å²) in [6.07, 6.45) is 1.86. The number of pyridine rings is 1. The van der Waals surface area contributed by atoms with Crippen LogP contribution in [-0.4, -0.2) is 25.5 Å². The number of hydrogen-bond acceptors (Lipinski definition) is 5. The maximum absolute atomic E-state index is 12.8. The number of carbonyl (C=O) groups is 1. The molecular formula is C34H26N4OS. The van der Waals surface area contributed by atoms with Crippen LogP contribution in [0.25, 0.3) is 33.5 Å². The molecule has 0 N–H and O–H groups in total. The van der Waals surface area contributed by atoms with E-state index in [4.69, 9.17) is 4.98 Å². The highest BCUT2D eigenvalue weighted by Gasteiger charge is 2.18. The Morgan fingerprint density at radius 3 is 2.23 bits per heavy atom. The molecular weight excluding hydrogens is 512 g/mol. The first-order chi connectivity index (χ1) is 19.7. The Morgan fingerprint density at radius 2 is 1.48 bits per heavy atom. The number of benzene rings is 4. The molecule has 0 saturated carbocycles. The Bertz CT molecular complexity index is 1800. The highest BCUT2D eigenvalue weighted by molar-refractivity contribution is 7.98. The van der Waals surface area contributed by atoms with Crippen molar-refractivity contribution in [2.75, 3.05) is 0 Å². The van der Waals surface area contributed by atoms with Crippen molar-refractivity contribution in [2.45, 2.75) is 17.5 Å². The summed E-state index contributed by atoms with van der Waals surface area (Å²) in [5.74, 6) is 1.50. The molecule has 194 valence electrons. The lowest BCUT2D eigenvalue weighted by molar-refractivity contribution is 0.103. The number of nitrogens with zero attached hydrogens (tertiary/aromatic N) is 4. The quantitative estimate of drug-likeness (QED) is 0.106. The zero-order valence-corrected chi connectivity index (χ0v) is 22.6. The van der Waals surface area contributed by atoms with Crippen molar-refractivity contribution in [1.82, 2.24) is 19.7 Å². The van der Waals surface area contributed by atoms with Crippen molar-refractivity contribution in [3.8, 4) is 22.6 Å². The number of para-hydroxylation sites is 1. The SMILES string of the molecule is C=CCn1c(SCc2ccc(C(=O)c3ccccc3)cc2)nnc1-c1cc(-c2ccccc2)nc2ccccc12. The zero-order valence-electron chi connectivity index (χ0n) is 21.8. The fourth-order valence-corrected chi connectivity index (χ4v) is 5.57. The number of thioether (sulfide) groups is 1. The van der Waals surface area contributed by atoms with E-state index in [9.17, 15) is 4.79 Å². The first kappa shape index (κ1) is 25.5. The van der Waals surface area contributed by atoms with Gasteiger partial charge in [0.25, 0.3) is 0 Å². The number of carbonyl (C=O) groups excluding carboxylic acids is 1. The predicted octanol–water partition coefficient (Wildman–Crippen LogP) is 7.87. The van der Waals surface area contributed by atoms with Crippen molar-refractivity contribution < 1.29 is 4.79 Å². The van der Waals surface area contributed by atoms with Crippen molar-refractivity contribution in [3.63, 3.8) is 0 Å². The molecule has 2 aromatic heterocycles. The molecule has 0 unspecified atom stereocenters. The fraction of sp³-hybridized carbons (Fsp3) is 0.0588. The third kappa shape index (κ3) is 5.22. The average Bonchev–Trinajstić information content (AvgIpc) is 3.42. The highest BCUT2D eigenvalue weighted by Crippen LogP contribution is 2.33. The number of allylic oxidation sites excluding steroid dienone is 1. The lowest BCUT2D eigenvalue weighted by atomic mass is 10.0. The van der Waals surface area contributed by atoms with Crippen molar-refractivity contribution in [2.24, 2.45) is 0 Å². The van der Waals surface area contributed by atoms with Gasteiger partial charge < -0.3 is 0 Å². The fourth-order valence-electron chi connectivity index (χ4n) is 4.66. The summed E-state index contributed by atoms with van der Waals surface area (Å²) < 4.78 is 2.10. The molecule has 0 radical (unpaired) electrons. The molecule has 0 aliphatic carbocycles. The molecule has 0 aliphatic rings. The topological polar surface area (TPSA) is 60.7 Å². The van der Waals surface area contributed by atoms with Crippen molar-refractivity contribution in [1.29, 1.82) is 0 Å². The predicted molar refractivity (Wildman–Crippen MR) is 162 cm³/mol. The van der Waals surface area contributed by atoms with Crippen LogP contribution in [0.4, 0.5) is 0 Å². The van der Waals surface area contributed by atoms with Crippen LogP contribution >= 0.6 is 11.8 Å². The van der Waals surface area contributed by atoms with Crippen LogP contribution in [0.3, 0.4) is 0 Å². The van der Waals surface area contributed by atoms with E-state index in [0.29, 0.717) is 23.4 Å². The normalized spacial score (nSPS) is 11.0. The third-order valence-corrected chi connectivity index (χ3v) is 7.71. The molecule has 5 nitrogen and oxygen atoms in total. The van der Waals surface area contributed by atoms with Gasteiger partial charge in [-0.15, -0.1) is 16.8 Å². The van der Waals surface area contributed by atoms with Gasteiger partial charge in [0.2, 0.25) is 0 Å². The van der Waals surface area contributed by atoms with Gasteiger partial charge in [0.05, 0.1) is 11.2 Å². The van der Waals surface area contributed by atoms with E-state index < -0.39 is 0 Å². The summed E-state index contributed by atoms with van der Waals surface area (Å²) >= 11 is 1.61. The number of ketones is 1. The maximum Gasteiger partial charge on any atom is 0.193 e. The second-order valence-corrected chi connectivity index (χ2v) is 10.3.